The fourth-order valence-electron chi connectivity index (χ4n) is 4.34. The van der Waals surface area contributed by atoms with E-state index in [0.29, 0.717) is 19.4 Å². The number of rotatable bonds is 25. The van der Waals surface area contributed by atoms with Crippen LogP contribution in [0.25, 0.3) is 0 Å². The van der Waals surface area contributed by atoms with E-state index < -0.39 is 12.0 Å². The highest BCUT2D eigenvalue weighted by molar-refractivity contribution is 5.87. The molecule has 0 spiro atoms. The van der Waals surface area contributed by atoms with Crippen molar-refractivity contribution < 1.29 is 19.5 Å². The summed E-state index contributed by atoms with van der Waals surface area (Å²) in [5.74, 6) is -1.16. The first-order chi connectivity index (χ1) is 16.9. The summed E-state index contributed by atoms with van der Waals surface area (Å²) in [4.78, 5) is 35.1. The normalized spacial score (nSPS) is 12.0. The number of nitrogens with one attached hydrogen (secondary N) is 2. The maximum absolute atomic E-state index is 12.5. The molecule has 0 heterocycles. The minimum atomic E-state index is -0.848. The van der Waals surface area contributed by atoms with Crippen LogP contribution in [0.5, 0.6) is 0 Å². The third kappa shape index (κ3) is 22.6. The van der Waals surface area contributed by atoms with Crippen LogP contribution in [0, 0.1) is 5.92 Å². The van der Waals surface area contributed by atoms with Crippen LogP contribution in [-0.4, -0.2) is 35.5 Å². The molecule has 0 aromatic carbocycles. The van der Waals surface area contributed by atoms with Crippen molar-refractivity contribution in [2.24, 2.45) is 5.92 Å². The summed E-state index contributed by atoms with van der Waals surface area (Å²) in [6.45, 7) is 6.76. The highest BCUT2D eigenvalue weighted by Crippen LogP contribution is 2.13. The third-order valence-corrected chi connectivity index (χ3v) is 6.64. The molecule has 1 atom stereocenters. The monoisotopic (exact) mass is 496 g/mol. The fraction of sp³-hybridized carbons (Fsp3) is 0.897. The van der Waals surface area contributed by atoms with E-state index in [1.54, 1.807) is 0 Å². The van der Waals surface area contributed by atoms with Gasteiger partial charge in [0.25, 0.3) is 0 Å². The number of carbonyl (C=O) groups is 3. The highest BCUT2D eigenvalue weighted by atomic mass is 16.4. The summed E-state index contributed by atoms with van der Waals surface area (Å²) in [7, 11) is 0. The lowest BCUT2D eigenvalue weighted by molar-refractivity contribution is -0.137. The molecule has 206 valence electrons. The van der Waals surface area contributed by atoms with Crippen LogP contribution in [0.15, 0.2) is 0 Å². The van der Waals surface area contributed by atoms with Gasteiger partial charge in [-0.25, -0.2) is 0 Å². The average Bonchev–Trinajstić information content (AvgIpc) is 2.81. The van der Waals surface area contributed by atoms with E-state index in [9.17, 15) is 14.4 Å². The second-order valence-electron chi connectivity index (χ2n) is 10.5. The van der Waals surface area contributed by atoms with E-state index >= 15 is 0 Å². The number of hydrogen-bond acceptors (Lipinski definition) is 3. The predicted molar refractivity (Wildman–Crippen MR) is 145 cm³/mol. The fourth-order valence-corrected chi connectivity index (χ4v) is 4.34. The summed E-state index contributed by atoms with van der Waals surface area (Å²) < 4.78 is 0. The molecule has 6 nitrogen and oxygen atoms in total. The van der Waals surface area contributed by atoms with Crippen LogP contribution in [0.4, 0.5) is 0 Å². The molecular weight excluding hydrogens is 440 g/mol. The summed E-state index contributed by atoms with van der Waals surface area (Å²) >= 11 is 0. The van der Waals surface area contributed by atoms with Crippen LogP contribution >= 0.6 is 0 Å². The second kappa shape index (κ2) is 24.1. The lowest BCUT2D eigenvalue weighted by Gasteiger charge is -2.21. The van der Waals surface area contributed by atoms with Crippen LogP contribution < -0.4 is 10.6 Å². The molecule has 0 saturated carbocycles. The van der Waals surface area contributed by atoms with E-state index in [-0.39, 0.29) is 30.6 Å². The van der Waals surface area contributed by atoms with E-state index in [1.165, 1.54) is 89.9 Å². The van der Waals surface area contributed by atoms with Crippen LogP contribution in [-0.2, 0) is 14.4 Å². The minimum Gasteiger partial charge on any atom is -0.481 e. The quantitative estimate of drug-likeness (QED) is 0.117. The van der Waals surface area contributed by atoms with Crippen molar-refractivity contribution in [3.8, 4) is 0 Å². The van der Waals surface area contributed by atoms with Crippen LogP contribution in [0.3, 0.4) is 0 Å². The van der Waals surface area contributed by atoms with E-state index in [2.05, 4.69) is 17.6 Å². The van der Waals surface area contributed by atoms with E-state index in [1.807, 2.05) is 13.8 Å². The minimum absolute atomic E-state index is 0.00349. The number of unbranched alkanes of at least 4 members (excludes halogenated alkanes) is 16. The van der Waals surface area contributed by atoms with Crippen molar-refractivity contribution in [3.05, 3.63) is 0 Å². The van der Waals surface area contributed by atoms with Gasteiger partial charge < -0.3 is 15.7 Å². The van der Waals surface area contributed by atoms with Gasteiger partial charge in [-0.3, -0.25) is 14.4 Å². The third-order valence-electron chi connectivity index (χ3n) is 6.64. The summed E-state index contributed by atoms with van der Waals surface area (Å²) in [6.07, 6.45) is 22.5. The molecule has 0 radical (unpaired) electrons. The summed E-state index contributed by atoms with van der Waals surface area (Å²) in [6, 6.07) is -0.539. The Morgan fingerprint density at radius 3 is 1.49 bits per heavy atom. The molecule has 0 aromatic heterocycles. The Balaban J connectivity index is 3.63. The zero-order valence-electron chi connectivity index (χ0n) is 23.2. The van der Waals surface area contributed by atoms with Crippen LogP contribution in [0.2, 0.25) is 0 Å². The smallest absolute Gasteiger partial charge is 0.303 e. The van der Waals surface area contributed by atoms with Gasteiger partial charge in [0.1, 0.15) is 6.04 Å². The van der Waals surface area contributed by atoms with Crippen molar-refractivity contribution in [3.63, 3.8) is 0 Å². The van der Waals surface area contributed by atoms with E-state index in [0.717, 1.165) is 12.8 Å². The van der Waals surface area contributed by atoms with Gasteiger partial charge >= 0.3 is 5.97 Å². The first-order valence-electron chi connectivity index (χ1n) is 14.7. The summed E-state index contributed by atoms with van der Waals surface area (Å²) in [5.41, 5.74) is 0. The molecule has 0 bridgehead atoms. The van der Waals surface area contributed by atoms with Gasteiger partial charge in [-0.15, -0.1) is 0 Å². The predicted octanol–water partition coefficient (Wildman–Crippen LogP) is 7.15. The van der Waals surface area contributed by atoms with E-state index in [4.69, 9.17) is 5.11 Å². The molecule has 0 saturated heterocycles. The zero-order valence-corrected chi connectivity index (χ0v) is 23.2. The number of hydrogen-bond donors (Lipinski definition) is 3. The molecule has 3 N–H and O–H groups in total. The zero-order chi connectivity index (χ0) is 26.2. The van der Waals surface area contributed by atoms with Crippen molar-refractivity contribution >= 4 is 17.8 Å². The molecule has 0 fully saturated rings. The maximum Gasteiger partial charge on any atom is 0.303 e. The Morgan fingerprint density at radius 2 is 1.06 bits per heavy atom. The molecule has 35 heavy (non-hydrogen) atoms. The Kier molecular flexibility index (Phi) is 23.0. The SMILES string of the molecule is CCCCCCCCCCCCCCCCCCNC(=O)[C@@H](NC(=O)CCCCC(=O)O)C(C)C. The van der Waals surface area contributed by atoms with Gasteiger partial charge in [0.2, 0.25) is 11.8 Å². The number of aliphatic carboxylic acids is 1. The van der Waals surface area contributed by atoms with Gasteiger partial charge in [-0.2, -0.15) is 0 Å². The molecule has 0 aliphatic rings. The topological polar surface area (TPSA) is 95.5 Å². The first-order valence-corrected chi connectivity index (χ1v) is 14.7. The van der Waals surface area contributed by atoms with Crippen molar-refractivity contribution in [2.45, 2.75) is 155 Å². The standard InChI is InChI=1S/C29H56N2O4/c1-4-5-6-7-8-9-10-11-12-13-14-15-16-17-18-21-24-30-29(35)28(25(2)3)31-26(32)22-19-20-23-27(33)34/h25,28H,4-24H2,1-3H3,(H,30,35)(H,31,32)(H,33,34)/t28-/m0/s1. The van der Waals surface area contributed by atoms with Crippen molar-refractivity contribution in [1.82, 2.24) is 10.6 Å². The summed E-state index contributed by atoms with van der Waals surface area (Å²) in [5, 5.41) is 14.4. The molecule has 6 heteroatoms. The first kappa shape index (κ1) is 33.4. The largest absolute Gasteiger partial charge is 0.481 e. The number of carboxylic acid groups (broad SMARTS) is 1. The molecular formula is C29H56N2O4. The molecule has 0 unspecified atom stereocenters. The Morgan fingerprint density at radius 1 is 0.629 bits per heavy atom. The molecule has 0 aromatic rings. The van der Waals surface area contributed by atoms with Gasteiger partial charge in [0.15, 0.2) is 0 Å². The average molecular weight is 497 g/mol. The van der Waals surface area contributed by atoms with Gasteiger partial charge in [-0.05, 0) is 25.2 Å². The van der Waals surface area contributed by atoms with Crippen molar-refractivity contribution in [1.29, 1.82) is 0 Å². The molecule has 0 aliphatic carbocycles. The van der Waals surface area contributed by atoms with Gasteiger partial charge in [0, 0.05) is 19.4 Å². The van der Waals surface area contributed by atoms with Gasteiger partial charge in [-0.1, -0.05) is 117 Å². The lowest BCUT2D eigenvalue weighted by atomic mass is 10.0. The number of carboxylic acids is 1. The Hall–Kier alpha value is -1.59. The molecule has 0 aliphatic heterocycles. The van der Waals surface area contributed by atoms with Crippen LogP contribution in [0.1, 0.15) is 149 Å². The molecule has 0 rings (SSSR count). The second-order valence-corrected chi connectivity index (χ2v) is 10.5. The maximum atomic E-state index is 12.5. The number of amides is 2. The number of carbonyl (C=O) groups excluding carboxylic acids is 2. The lowest BCUT2D eigenvalue weighted by Crippen LogP contribution is -2.49. The molecule has 2 amide bonds. The Labute approximate surface area is 215 Å². The Bertz CT molecular complexity index is 537. The van der Waals surface area contributed by atoms with Gasteiger partial charge in [0.05, 0.1) is 0 Å². The highest BCUT2D eigenvalue weighted by Gasteiger charge is 2.23. The van der Waals surface area contributed by atoms with Crippen molar-refractivity contribution in [2.75, 3.05) is 6.54 Å².